The Morgan fingerprint density at radius 3 is 2.88 bits per heavy atom. The predicted molar refractivity (Wildman–Crippen MR) is 69.1 cm³/mol. The third-order valence-corrected chi connectivity index (χ3v) is 3.58. The van der Waals surface area contributed by atoms with Crippen LogP contribution in [0.3, 0.4) is 0 Å². The van der Waals surface area contributed by atoms with Crippen molar-refractivity contribution < 1.29 is 4.79 Å². The monoisotopic (exact) mass is 235 g/mol. The molecular formula is C13H21N3O. The number of carbonyl (C=O) groups is 1. The van der Waals surface area contributed by atoms with Crippen molar-refractivity contribution in [1.29, 1.82) is 0 Å². The molecule has 0 saturated carbocycles. The lowest BCUT2D eigenvalue weighted by molar-refractivity contribution is -0.121. The van der Waals surface area contributed by atoms with E-state index in [9.17, 15) is 4.79 Å². The SMILES string of the molecule is CNC1CCCC(C)(C)N(c2ccc[nH]2)C1=O. The van der Waals surface area contributed by atoms with Gasteiger partial charge in [-0.1, -0.05) is 0 Å². The van der Waals surface area contributed by atoms with Crippen molar-refractivity contribution >= 4 is 11.7 Å². The van der Waals surface area contributed by atoms with E-state index in [1.54, 1.807) is 0 Å². The molecule has 4 nitrogen and oxygen atoms in total. The molecule has 17 heavy (non-hydrogen) atoms. The molecule has 0 aromatic carbocycles. The number of H-pyrrole nitrogens is 1. The van der Waals surface area contributed by atoms with Gasteiger partial charge in [0.15, 0.2) is 0 Å². The summed E-state index contributed by atoms with van der Waals surface area (Å²) in [5.41, 5.74) is -0.131. The highest BCUT2D eigenvalue weighted by Gasteiger charge is 2.38. The summed E-state index contributed by atoms with van der Waals surface area (Å²) in [7, 11) is 1.85. The summed E-state index contributed by atoms with van der Waals surface area (Å²) in [6, 6.07) is 3.82. The second kappa shape index (κ2) is 4.53. The van der Waals surface area contributed by atoms with Crippen LogP contribution in [-0.2, 0) is 4.79 Å². The molecule has 1 fully saturated rings. The second-order valence-electron chi connectivity index (χ2n) is 5.27. The fraction of sp³-hybridized carbons (Fsp3) is 0.615. The molecule has 1 aromatic heterocycles. The second-order valence-corrected chi connectivity index (χ2v) is 5.27. The van der Waals surface area contributed by atoms with Gasteiger partial charge >= 0.3 is 0 Å². The number of nitrogens with zero attached hydrogens (tertiary/aromatic N) is 1. The Morgan fingerprint density at radius 1 is 1.53 bits per heavy atom. The minimum Gasteiger partial charge on any atom is -0.348 e. The normalized spacial score (nSPS) is 24.8. The maximum atomic E-state index is 12.5. The first-order valence-electron chi connectivity index (χ1n) is 6.21. The van der Waals surface area contributed by atoms with Gasteiger partial charge in [-0.25, -0.2) is 0 Å². The number of aromatic nitrogens is 1. The van der Waals surface area contributed by atoms with Crippen molar-refractivity contribution in [2.75, 3.05) is 11.9 Å². The molecule has 94 valence electrons. The molecule has 0 spiro atoms. The standard InChI is InChI=1S/C13H21N3O/c1-13(2)8-4-6-10(14-3)12(17)16(13)11-7-5-9-15-11/h5,7,9-10,14-15H,4,6,8H2,1-3H3. The summed E-state index contributed by atoms with van der Waals surface area (Å²) in [4.78, 5) is 17.6. The third-order valence-electron chi connectivity index (χ3n) is 3.58. The van der Waals surface area contributed by atoms with Gasteiger partial charge in [-0.15, -0.1) is 0 Å². The van der Waals surface area contributed by atoms with E-state index in [1.807, 2.05) is 30.3 Å². The third kappa shape index (κ3) is 2.22. The quantitative estimate of drug-likeness (QED) is 0.822. The van der Waals surface area contributed by atoms with Crippen LogP contribution in [0.4, 0.5) is 5.82 Å². The number of hydrogen-bond donors (Lipinski definition) is 2. The molecule has 4 heteroatoms. The van der Waals surface area contributed by atoms with Crippen LogP contribution in [0.25, 0.3) is 0 Å². The number of rotatable bonds is 2. The van der Waals surface area contributed by atoms with Gasteiger partial charge in [-0.3, -0.25) is 9.69 Å². The molecule has 0 radical (unpaired) electrons. The molecule has 1 aliphatic rings. The van der Waals surface area contributed by atoms with Gasteiger partial charge in [-0.2, -0.15) is 0 Å². The van der Waals surface area contributed by atoms with E-state index in [4.69, 9.17) is 0 Å². The summed E-state index contributed by atoms with van der Waals surface area (Å²) >= 11 is 0. The first kappa shape index (κ1) is 12.2. The largest absolute Gasteiger partial charge is 0.348 e. The summed E-state index contributed by atoms with van der Waals surface area (Å²) in [5.74, 6) is 1.06. The number of nitrogens with one attached hydrogen (secondary N) is 2. The van der Waals surface area contributed by atoms with Gasteiger partial charge in [0.25, 0.3) is 0 Å². The summed E-state index contributed by atoms with van der Waals surface area (Å²) in [5, 5.41) is 3.12. The Labute approximate surface area is 102 Å². The average Bonchev–Trinajstić information content (AvgIpc) is 2.73. The summed E-state index contributed by atoms with van der Waals surface area (Å²) in [6.07, 6.45) is 4.87. The lowest BCUT2D eigenvalue weighted by atomic mass is 9.97. The maximum Gasteiger partial charge on any atom is 0.245 e. The Kier molecular flexibility index (Phi) is 3.24. The highest BCUT2D eigenvalue weighted by molar-refractivity contribution is 5.97. The summed E-state index contributed by atoms with van der Waals surface area (Å²) in [6.45, 7) is 4.26. The van der Waals surface area contributed by atoms with Gasteiger partial charge in [0, 0.05) is 11.7 Å². The molecule has 2 N–H and O–H groups in total. The van der Waals surface area contributed by atoms with E-state index in [0.717, 1.165) is 25.1 Å². The predicted octanol–water partition coefficient (Wildman–Crippen LogP) is 1.90. The number of carbonyl (C=O) groups excluding carboxylic acids is 1. The molecule has 1 unspecified atom stereocenters. The van der Waals surface area contributed by atoms with E-state index in [1.165, 1.54) is 0 Å². The van der Waals surface area contributed by atoms with E-state index >= 15 is 0 Å². The van der Waals surface area contributed by atoms with Gasteiger partial charge in [0.1, 0.15) is 5.82 Å². The topological polar surface area (TPSA) is 48.1 Å². The zero-order valence-corrected chi connectivity index (χ0v) is 10.8. The molecule has 1 amide bonds. The van der Waals surface area contributed by atoms with Gasteiger partial charge < -0.3 is 10.3 Å². The van der Waals surface area contributed by atoms with Crippen LogP contribution in [-0.4, -0.2) is 29.5 Å². The minimum absolute atomic E-state index is 0.0694. The number of hydrogen-bond acceptors (Lipinski definition) is 2. The van der Waals surface area contributed by atoms with Crippen molar-refractivity contribution in [2.24, 2.45) is 0 Å². The Balaban J connectivity index is 2.37. The zero-order chi connectivity index (χ0) is 12.5. The fourth-order valence-electron chi connectivity index (χ4n) is 2.60. The Hall–Kier alpha value is -1.29. The first-order valence-corrected chi connectivity index (χ1v) is 6.21. The molecule has 2 heterocycles. The van der Waals surface area contributed by atoms with Crippen LogP contribution in [0.1, 0.15) is 33.1 Å². The molecule has 0 aliphatic carbocycles. The van der Waals surface area contributed by atoms with Crippen molar-refractivity contribution in [3.8, 4) is 0 Å². The number of likely N-dealkylation sites (N-methyl/N-ethyl adjacent to an activating group) is 1. The average molecular weight is 235 g/mol. The van der Waals surface area contributed by atoms with E-state index < -0.39 is 0 Å². The van der Waals surface area contributed by atoms with Crippen LogP contribution in [0.15, 0.2) is 18.3 Å². The van der Waals surface area contributed by atoms with Crippen LogP contribution in [0.2, 0.25) is 0 Å². The van der Waals surface area contributed by atoms with Crippen molar-refractivity contribution in [3.05, 3.63) is 18.3 Å². The Morgan fingerprint density at radius 2 is 2.29 bits per heavy atom. The lowest BCUT2D eigenvalue weighted by Crippen LogP contribution is -2.52. The van der Waals surface area contributed by atoms with E-state index in [-0.39, 0.29) is 17.5 Å². The molecular weight excluding hydrogens is 214 g/mol. The molecule has 1 aliphatic heterocycles. The molecule has 0 bridgehead atoms. The lowest BCUT2D eigenvalue weighted by Gasteiger charge is -2.37. The fourth-order valence-corrected chi connectivity index (χ4v) is 2.60. The summed E-state index contributed by atoms with van der Waals surface area (Å²) < 4.78 is 0. The number of anilines is 1. The number of amides is 1. The van der Waals surface area contributed by atoms with Crippen LogP contribution in [0.5, 0.6) is 0 Å². The van der Waals surface area contributed by atoms with Gasteiger partial charge in [0.2, 0.25) is 5.91 Å². The minimum atomic E-state index is -0.131. The highest BCUT2D eigenvalue weighted by Crippen LogP contribution is 2.31. The molecule has 2 rings (SSSR count). The van der Waals surface area contributed by atoms with Crippen molar-refractivity contribution in [1.82, 2.24) is 10.3 Å². The van der Waals surface area contributed by atoms with Gasteiger partial charge in [0.05, 0.1) is 6.04 Å². The maximum absolute atomic E-state index is 12.5. The number of aromatic amines is 1. The Bertz CT molecular complexity index is 383. The van der Waals surface area contributed by atoms with Crippen molar-refractivity contribution in [2.45, 2.75) is 44.7 Å². The van der Waals surface area contributed by atoms with Crippen LogP contribution >= 0.6 is 0 Å². The van der Waals surface area contributed by atoms with E-state index in [2.05, 4.69) is 24.1 Å². The van der Waals surface area contributed by atoms with Crippen LogP contribution in [0, 0.1) is 0 Å². The molecule has 1 aromatic rings. The zero-order valence-electron chi connectivity index (χ0n) is 10.8. The van der Waals surface area contributed by atoms with Crippen molar-refractivity contribution in [3.63, 3.8) is 0 Å². The van der Waals surface area contributed by atoms with Gasteiger partial charge in [-0.05, 0) is 52.3 Å². The smallest absolute Gasteiger partial charge is 0.245 e. The molecule has 1 saturated heterocycles. The van der Waals surface area contributed by atoms with E-state index in [0.29, 0.717) is 0 Å². The highest BCUT2D eigenvalue weighted by atomic mass is 16.2. The molecule has 1 atom stereocenters. The first-order chi connectivity index (χ1) is 8.06. The van der Waals surface area contributed by atoms with Crippen LogP contribution < -0.4 is 10.2 Å².